The van der Waals surface area contributed by atoms with Gasteiger partial charge in [-0.3, -0.25) is 14.6 Å². The van der Waals surface area contributed by atoms with Crippen LogP contribution in [0.1, 0.15) is 31.0 Å². The summed E-state index contributed by atoms with van der Waals surface area (Å²) in [6, 6.07) is 12.5. The summed E-state index contributed by atoms with van der Waals surface area (Å²) in [6.45, 7) is 3.96. The molecule has 0 fully saturated rings. The van der Waals surface area contributed by atoms with E-state index in [9.17, 15) is 14.7 Å². The van der Waals surface area contributed by atoms with Gasteiger partial charge in [-0.05, 0) is 37.6 Å². The molecule has 1 heterocycles. The van der Waals surface area contributed by atoms with E-state index in [0.717, 1.165) is 5.56 Å². The van der Waals surface area contributed by atoms with Crippen molar-refractivity contribution < 1.29 is 14.7 Å². The van der Waals surface area contributed by atoms with Crippen LogP contribution in [0.4, 0.5) is 5.69 Å². The summed E-state index contributed by atoms with van der Waals surface area (Å²) < 4.78 is 0. The normalized spacial score (nSPS) is 11.7. The largest absolute Gasteiger partial charge is 0.394 e. The molecule has 0 aliphatic heterocycles. The van der Waals surface area contributed by atoms with Crippen LogP contribution in [0.15, 0.2) is 48.7 Å². The van der Waals surface area contributed by atoms with Gasteiger partial charge in [0.1, 0.15) is 6.42 Å². The van der Waals surface area contributed by atoms with Crippen LogP contribution in [0.3, 0.4) is 0 Å². The van der Waals surface area contributed by atoms with E-state index in [2.05, 4.69) is 10.3 Å². The number of hydrogen-bond donors (Lipinski definition) is 2. The van der Waals surface area contributed by atoms with Crippen molar-refractivity contribution in [3.05, 3.63) is 59.9 Å². The van der Waals surface area contributed by atoms with Crippen LogP contribution in [-0.2, 0) is 16.1 Å². The number of carbonyl (C=O) groups is 2. The Morgan fingerprint density at radius 1 is 1.19 bits per heavy atom. The Kier molecular flexibility index (Phi) is 7.29. The molecule has 2 aromatic rings. The van der Waals surface area contributed by atoms with Gasteiger partial charge in [-0.2, -0.15) is 0 Å². The molecule has 0 saturated carbocycles. The first-order chi connectivity index (χ1) is 12.5. The van der Waals surface area contributed by atoms with Crippen molar-refractivity contribution in [2.24, 2.45) is 0 Å². The molecule has 2 rings (SSSR count). The number of nitrogens with one attached hydrogen (secondary N) is 1. The first kappa shape index (κ1) is 19.6. The van der Waals surface area contributed by atoms with E-state index in [1.807, 2.05) is 38.1 Å². The molecule has 6 heteroatoms. The van der Waals surface area contributed by atoms with E-state index >= 15 is 0 Å². The predicted molar refractivity (Wildman–Crippen MR) is 100 cm³/mol. The Morgan fingerprint density at radius 3 is 2.50 bits per heavy atom. The van der Waals surface area contributed by atoms with Gasteiger partial charge in [0.25, 0.3) is 0 Å². The fraction of sp³-hybridized carbons (Fsp3) is 0.350. The first-order valence-corrected chi connectivity index (χ1v) is 8.70. The molecule has 2 N–H and O–H groups in total. The van der Waals surface area contributed by atoms with E-state index in [1.54, 1.807) is 24.4 Å². The van der Waals surface area contributed by atoms with Crippen molar-refractivity contribution in [2.75, 3.05) is 11.9 Å². The molecular weight excluding hydrogens is 330 g/mol. The molecule has 138 valence electrons. The standard InChI is InChI=1S/C20H25N3O3/c1-3-18(14-24)23(13-17-6-4-5-11-21-17)20(26)12-19(25)22-16-9-7-15(2)8-10-16/h4-11,18,24H,3,12-14H2,1-2H3,(H,22,25)/t18-/m0/s1. The predicted octanol–water partition coefficient (Wildman–Crippen LogP) is 2.52. The van der Waals surface area contributed by atoms with Gasteiger partial charge in [-0.25, -0.2) is 0 Å². The number of nitrogens with zero attached hydrogens (tertiary/aromatic N) is 2. The zero-order chi connectivity index (χ0) is 18.9. The van der Waals surface area contributed by atoms with Crippen LogP contribution < -0.4 is 5.32 Å². The molecule has 0 aliphatic carbocycles. The van der Waals surface area contributed by atoms with Crippen LogP contribution in [0, 0.1) is 6.92 Å². The number of aromatic nitrogens is 1. The highest BCUT2D eigenvalue weighted by Gasteiger charge is 2.24. The summed E-state index contributed by atoms with van der Waals surface area (Å²) >= 11 is 0. The molecule has 2 amide bonds. The first-order valence-electron chi connectivity index (χ1n) is 8.70. The second kappa shape index (κ2) is 9.68. The number of anilines is 1. The summed E-state index contributed by atoms with van der Waals surface area (Å²) in [7, 11) is 0. The lowest BCUT2D eigenvalue weighted by Gasteiger charge is -2.29. The third-order valence-electron chi connectivity index (χ3n) is 4.15. The molecule has 0 bridgehead atoms. The van der Waals surface area contributed by atoms with Gasteiger partial charge in [0.15, 0.2) is 0 Å². The molecule has 6 nitrogen and oxygen atoms in total. The topological polar surface area (TPSA) is 82.5 Å². The fourth-order valence-corrected chi connectivity index (χ4v) is 2.62. The highest BCUT2D eigenvalue weighted by molar-refractivity contribution is 6.03. The van der Waals surface area contributed by atoms with Gasteiger partial charge >= 0.3 is 0 Å². The third-order valence-corrected chi connectivity index (χ3v) is 4.15. The zero-order valence-electron chi connectivity index (χ0n) is 15.2. The molecule has 0 spiro atoms. The number of benzene rings is 1. The van der Waals surface area contributed by atoms with Gasteiger partial charge in [0.2, 0.25) is 11.8 Å². The van der Waals surface area contributed by atoms with Crippen molar-refractivity contribution in [1.82, 2.24) is 9.88 Å². The summed E-state index contributed by atoms with van der Waals surface area (Å²) in [5, 5.41) is 12.3. The van der Waals surface area contributed by atoms with Gasteiger partial charge in [-0.1, -0.05) is 30.7 Å². The smallest absolute Gasteiger partial charge is 0.233 e. The minimum Gasteiger partial charge on any atom is -0.394 e. The molecular formula is C20H25N3O3. The van der Waals surface area contributed by atoms with Crippen LogP contribution in [-0.4, -0.2) is 39.5 Å². The highest BCUT2D eigenvalue weighted by atomic mass is 16.3. The minimum absolute atomic E-state index is 0.158. The Hall–Kier alpha value is -2.73. The lowest BCUT2D eigenvalue weighted by molar-refractivity contribution is -0.138. The van der Waals surface area contributed by atoms with Crippen LogP contribution in [0.25, 0.3) is 0 Å². The molecule has 1 atom stereocenters. The molecule has 0 saturated heterocycles. The Labute approximate surface area is 153 Å². The fourth-order valence-electron chi connectivity index (χ4n) is 2.62. The highest BCUT2D eigenvalue weighted by Crippen LogP contribution is 2.13. The SMILES string of the molecule is CC[C@@H](CO)N(Cc1ccccn1)C(=O)CC(=O)Nc1ccc(C)cc1. The lowest BCUT2D eigenvalue weighted by atomic mass is 10.1. The number of amides is 2. The van der Waals surface area contributed by atoms with E-state index in [4.69, 9.17) is 0 Å². The molecule has 0 aliphatic rings. The van der Waals surface area contributed by atoms with Crippen molar-refractivity contribution in [3.8, 4) is 0 Å². The van der Waals surface area contributed by atoms with Crippen molar-refractivity contribution in [1.29, 1.82) is 0 Å². The Bertz CT molecular complexity index is 713. The molecule has 0 unspecified atom stereocenters. The number of aryl methyl sites for hydroxylation is 1. The monoisotopic (exact) mass is 355 g/mol. The zero-order valence-corrected chi connectivity index (χ0v) is 15.2. The van der Waals surface area contributed by atoms with Gasteiger partial charge in [0.05, 0.1) is 24.9 Å². The maximum atomic E-state index is 12.7. The number of pyridine rings is 1. The van der Waals surface area contributed by atoms with Crippen molar-refractivity contribution in [2.45, 2.75) is 39.3 Å². The molecule has 1 aromatic heterocycles. The van der Waals surface area contributed by atoms with E-state index in [0.29, 0.717) is 17.8 Å². The summed E-state index contributed by atoms with van der Waals surface area (Å²) in [6.07, 6.45) is 1.97. The van der Waals surface area contributed by atoms with E-state index in [-0.39, 0.29) is 37.4 Å². The number of aliphatic hydroxyl groups excluding tert-OH is 1. The second-order valence-corrected chi connectivity index (χ2v) is 6.18. The molecule has 26 heavy (non-hydrogen) atoms. The number of carbonyl (C=O) groups excluding carboxylic acids is 2. The van der Waals surface area contributed by atoms with E-state index < -0.39 is 0 Å². The summed E-state index contributed by atoms with van der Waals surface area (Å²) in [5.41, 5.74) is 2.46. The number of rotatable bonds is 8. The minimum atomic E-state index is -0.377. The Morgan fingerprint density at radius 2 is 1.92 bits per heavy atom. The van der Waals surface area contributed by atoms with Gasteiger partial charge < -0.3 is 15.3 Å². The Balaban J connectivity index is 2.04. The van der Waals surface area contributed by atoms with Crippen molar-refractivity contribution in [3.63, 3.8) is 0 Å². The average molecular weight is 355 g/mol. The summed E-state index contributed by atoms with van der Waals surface area (Å²) in [5.74, 6) is -0.709. The maximum Gasteiger partial charge on any atom is 0.233 e. The van der Waals surface area contributed by atoms with E-state index in [1.165, 1.54) is 4.90 Å². The van der Waals surface area contributed by atoms with Gasteiger partial charge in [-0.15, -0.1) is 0 Å². The third kappa shape index (κ3) is 5.67. The quantitative estimate of drug-likeness (QED) is 0.713. The maximum absolute atomic E-state index is 12.7. The summed E-state index contributed by atoms with van der Waals surface area (Å²) in [4.78, 5) is 30.7. The molecule has 1 aromatic carbocycles. The van der Waals surface area contributed by atoms with Crippen LogP contribution >= 0.6 is 0 Å². The van der Waals surface area contributed by atoms with Crippen LogP contribution in [0.2, 0.25) is 0 Å². The number of aliphatic hydroxyl groups is 1. The second-order valence-electron chi connectivity index (χ2n) is 6.18. The number of hydrogen-bond acceptors (Lipinski definition) is 4. The van der Waals surface area contributed by atoms with Gasteiger partial charge in [0, 0.05) is 11.9 Å². The average Bonchev–Trinajstić information content (AvgIpc) is 2.64. The lowest BCUT2D eigenvalue weighted by Crippen LogP contribution is -2.43. The van der Waals surface area contributed by atoms with Crippen LogP contribution in [0.5, 0.6) is 0 Å². The molecule has 0 radical (unpaired) electrons. The van der Waals surface area contributed by atoms with Crippen molar-refractivity contribution >= 4 is 17.5 Å².